The molecule has 3 nitrogen and oxygen atoms in total. The van der Waals surface area contributed by atoms with E-state index in [9.17, 15) is 4.79 Å². The Morgan fingerprint density at radius 1 is 1.28 bits per heavy atom. The Labute approximate surface area is 116 Å². The lowest BCUT2D eigenvalue weighted by atomic mass is 10.0. The fraction of sp³-hybridized carbons (Fsp3) is 0.500. The van der Waals surface area contributed by atoms with Gasteiger partial charge in [-0.25, -0.2) is 0 Å². The maximum atomic E-state index is 11.8. The molecule has 18 heavy (non-hydrogen) atoms. The van der Waals surface area contributed by atoms with Gasteiger partial charge in [0.15, 0.2) is 0 Å². The highest BCUT2D eigenvalue weighted by Crippen LogP contribution is 2.19. The highest BCUT2D eigenvalue weighted by molar-refractivity contribution is 5.92. The Balaban J connectivity index is 0.00000289. The minimum Gasteiger partial charge on any atom is -0.330 e. The van der Waals surface area contributed by atoms with Crippen molar-refractivity contribution < 1.29 is 4.79 Å². The summed E-state index contributed by atoms with van der Waals surface area (Å²) in [5.41, 5.74) is 7.63. The maximum absolute atomic E-state index is 11.8. The summed E-state index contributed by atoms with van der Waals surface area (Å²) in [4.78, 5) is 13.5. The third kappa shape index (κ3) is 4.67. The molecule has 0 aromatic heterocycles. The molecule has 0 unspecified atom stereocenters. The second-order valence-corrected chi connectivity index (χ2v) is 4.59. The molecule has 0 fully saturated rings. The van der Waals surface area contributed by atoms with Gasteiger partial charge >= 0.3 is 0 Å². The maximum Gasteiger partial charge on any atom is 0.226 e. The van der Waals surface area contributed by atoms with Crippen molar-refractivity contribution in [1.82, 2.24) is 0 Å². The molecule has 2 N–H and O–H groups in total. The zero-order valence-corrected chi connectivity index (χ0v) is 12.2. The lowest BCUT2D eigenvalue weighted by Gasteiger charge is -2.18. The number of hydrogen-bond acceptors (Lipinski definition) is 2. The van der Waals surface area contributed by atoms with E-state index < -0.39 is 0 Å². The normalized spacial score (nSPS) is 10.1. The largest absolute Gasteiger partial charge is 0.330 e. The van der Waals surface area contributed by atoms with Crippen LogP contribution in [0.3, 0.4) is 0 Å². The third-order valence-corrected chi connectivity index (χ3v) is 2.92. The first kappa shape index (κ1) is 16.9. The van der Waals surface area contributed by atoms with Crippen LogP contribution in [0.15, 0.2) is 24.3 Å². The molecule has 0 heterocycles. The summed E-state index contributed by atoms with van der Waals surface area (Å²) < 4.78 is 0. The summed E-state index contributed by atoms with van der Waals surface area (Å²) in [6.45, 7) is 4.88. The van der Waals surface area contributed by atoms with Gasteiger partial charge in [-0.2, -0.15) is 0 Å². The minimum absolute atomic E-state index is 0. The molecule has 0 atom stereocenters. The quantitative estimate of drug-likeness (QED) is 0.894. The van der Waals surface area contributed by atoms with Crippen LogP contribution in [0.1, 0.15) is 38.2 Å². The van der Waals surface area contributed by atoms with E-state index in [1.165, 1.54) is 5.56 Å². The molecule has 0 saturated carbocycles. The summed E-state index contributed by atoms with van der Waals surface area (Å²) in [7, 11) is 1.81. The predicted octanol–water partition coefficient (Wildman–Crippen LogP) is 2.93. The number of carbonyl (C=O) groups is 1. The number of nitrogens with two attached hydrogens (primary N) is 1. The van der Waals surface area contributed by atoms with Gasteiger partial charge in [0.05, 0.1) is 0 Å². The van der Waals surface area contributed by atoms with E-state index in [1.807, 2.05) is 19.2 Å². The van der Waals surface area contributed by atoms with Crippen LogP contribution in [-0.4, -0.2) is 19.5 Å². The van der Waals surface area contributed by atoms with Crippen molar-refractivity contribution in [3.8, 4) is 0 Å². The van der Waals surface area contributed by atoms with Crippen LogP contribution in [0, 0.1) is 0 Å². The summed E-state index contributed by atoms with van der Waals surface area (Å²) >= 11 is 0. The SMILES string of the molecule is CC(C)c1ccc(N(C)C(=O)CCCN)cc1.Cl. The van der Waals surface area contributed by atoms with Gasteiger partial charge in [-0.3, -0.25) is 4.79 Å². The van der Waals surface area contributed by atoms with Gasteiger partial charge < -0.3 is 10.6 Å². The first-order valence-corrected chi connectivity index (χ1v) is 6.13. The number of hydrogen-bond donors (Lipinski definition) is 1. The first-order chi connectivity index (χ1) is 8.06. The molecule has 0 aliphatic carbocycles. The van der Waals surface area contributed by atoms with Crippen molar-refractivity contribution in [3.63, 3.8) is 0 Å². The van der Waals surface area contributed by atoms with Crippen molar-refractivity contribution in [2.75, 3.05) is 18.5 Å². The second kappa shape index (κ2) is 8.11. The Morgan fingerprint density at radius 3 is 2.28 bits per heavy atom. The summed E-state index contributed by atoms with van der Waals surface area (Å²) in [6.07, 6.45) is 1.26. The van der Waals surface area contributed by atoms with Gasteiger partial charge in [0, 0.05) is 19.2 Å². The molecular formula is C14H23ClN2O. The number of halogens is 1. The van der Waals surface area contributed by atoms with E-state index in [2.05, 4.69) is 26.0 Å². The zero-order valence-electron chi connectivity index (χ0n) is 11.3. The number of benzene rings is 1. The molecule has 1 aromatic rings. The molecular weight excluding hydrogens is 248 g/mol. The minimum atomic E-state index is 0. The smallest absolute Gasteiger partial charge is 0.226 e. The Kier molecular flexibility index (Phi) is 7.64. The van der Waals surface area contributed by atoms with Gasteiger partial charge in [-0.15, -0.1) is 12.4 Å². The number of rotatable bonds is 5. The van der Waals surface area contributed by atoms with E-state index >= 15 is 0 Å². The topological polar surface area (TPSA) is 46.3 Å². The molecule has 0 bridgehead atoms. The van der Waals surface area contributed by atoms with E-state index in [-0.39, 0.29) is 18.3 Å². The molecule has 1 rings (SSSR count). The zero-order chi connectivity index (χ0) is 12.8. The van der Waals surface area contributed by atoms with Crippen LogP contribution in [0.5, 0.6) is 0 Å². The van der Waals surface area contributed by atoms with Crippen LogP contribution in [0.4, 0.5) is 5.69 Å². The van der Waals surface area contributed by atoms with Crippen molar-refractivity contribution in [2.45, 2.75) is 32.6 Å². The number of amides is 1. The van der Waals surface area contributed by atoms with Crippen LogP contribution in [0.2, 0.25) is 0 Å². The van der Waals surface area contributed by atoms with Crippen molar-refractivity contribution in [3.05, 3.63) is 29.8 Å². The predicted molar refractivity (Wildman–Crippen MR) is 79.5 cm³/mol. The summed E-state index contributed by atoms with van der Waals surface area (Å²) in [5.74, 6) is 0.634. The van der Waals surface area contributed by atoms with E-state index in [4.69, 9.17) is 5.73 Å². The Hall–Kier alpha value is -1.06. The van der Waals surface area contributed by atoms with Gasteiger partial charge in [-0.1, -0.05) is 26.0 Å². The highest BCUT2D eigenvalue weighted by Gasteiger charge is 2.10. The molecule has 0 spiro atoms. The first-order valence-electron chi connectivity index (χ1n) is 6.13. The Bertz CT molecular complexity index is 363. The fourth-order valence-corrected chi connectivity index (χ4v) is 1.65. The average molecular weight is 271 g/mol. The standard InChI is InChI=1S/C14H22N2O.ClH/c1-11(2)12-6-8-13(9-7-12)16(3)14(17)5-4-10-15;/h6-9,11H,4-5,10,15H2,1-3H3;1H. The lowest BCUT2D eigenvalue weighted by molar-refractivity contribution is -0.118. The summed E-state index contributed by atoms with van der Waals surface area (Å²) in [5, 5.41) is 0. The molecule has 0 aliphatic rings. The summed E-state index contributed by atoms with van der Waals surface area (Å²) in [6, 6.07) is 8.14. The van der Waals surface area contributed by atoms with Crippen molar-refractivity contribution >= 4 is 24.0 Å². The van der Waals surface area contributed by atoms with E-state index in [0.717, 1.165) is 12.1 Å². The number of nitrogens with zero attached hydrogens (tertiary/aromatic N) is 1. The van der Waals surface area contributed by atoms with Gasteiger partial charge in [-0.05, 0) is 36.6 Å². The molecule has 0 aliphatic heterocycles. The van der Waals surface area contributed by atoms with Crippen molar-refractivity contribution in [2.24, 2.45) is 5.73 Å². The molecule has 4 heteroatoms. The monoisotopic (exact) mass is 270 g/mol. The van der Waals surface area contributed by atoms with Gasteiger partial charge in [0.25, 0.3) is 0 Å². The van der Waals surface area contributed by atoms with Crippen LogP contribution >= 0.6 is 12.4 Å². The van der Waals surface area contributed by atoms with Gasteiger partial charge in [0.2, 0.25) is 5.91 Å². The third-order valence-electron chi connectivity index (χ3n) is 2.92. The average Bonchev–Trinajstić information content (AvgIpc) is 2.35. The fourth-order valence-electron chi connectivity index (χ4n) is 1.65. The number of anilines is 1. The van der Waals surface area contributed by atoms with Gasteiger partial charge in [0.1, 0.15) is 0 Å². The van der Waals surface area contributed by atoms with Crippen LogP contribution in [0.25, 0.3) is 0 Å². The molecule has 102 valence electrons. The van der Waals surface area contributed by atoms with E-state index in [0.29, 0.717) is 18.9 Å². The molecule has 1 amide bonds. The highest BCUT2D eigenvalue weighted by atomic mass is 35.5. The second-order valence-electron chi connectivity index (χ2n) is 4.59. The lowest BCUT2D eigenvalue weighted by Crippen LogP contribution is -2.26. The van der Waals surface area contributed by atoms with Crippen LogP contribution < -0.4 is 10.6 Å². The number of carbonyl (C=O) groups excluding carboxylic acids is 1. The van der Waals surface area contributed by atoms with E-state index in [1.54, 1.807) is 4.90 Å². The van der Waals surface area contributed by atoms with Crippen LogP contribution in [-0.2, 0) is 4.79 Å². The molecule has 0 saturated heterocycles. The van der Waals surface area contributed by atoms with Crippen molar-refractivity contribution in [1.29, 1.82) is 0 Å². The molecule has 1 aromatic carbocycles. The Morgan fingerprint density at radius 2 is 1.83 bits per heavy atom. The molecule has 0 radical (unpaired) electrons.